The summed E-state index contributed by atoms with van der Waals surface area (Å²) in [5.41, 5.74) is 0. The van der Waals surface area contributed by atoms with Gasteiger partial charge >= 0.3 is 6.16 Å². The molecule has 5 nitrogen and oxygen atoms in total. The van der Waals surface area contributed by atoms with Gasteiger partial charge in [-0.15, -0.1) is 0 Å². The number of allylic oxidation sites excluding steroid dienone is 1. The third kappa shape index (κ3) is 5.70. The average molecular weight is 176 g/mol. The summed E-state index contributed by atoms with van der Waals surface area (Å²) in [6, 6.07) is 0. The minimum absolute atomic E-state index is 0.528. The molecule has 4 N–H and O–H groups in total. The van der Waals surface area contributed by atoms with Gasteiger partial charge in [-0.25, -0.2) is 4.79 Å². The van der Waals surface area contributed by atoms with E-state index in [0.717, 1.165) is 6.42 Å². The number of aliphatic hydroxyl groups is 2. The average Bonchev–Trinajstić information content (AvgIpc) is 1.94. The van der Waals surface area contributed by atoms with Crippen molar-refractivity contribution < 1.29 is 25.2 Å². The Morgan fingerprint density at radius 1 is 1.33 bits per heavy atom. The van der Waals surface area contributed by atoms with E-state index in [-0.39, 0.29) is 0 Å². The fourth-order valence-electron chi connectivity index (χ4n) is 0.802. The number of hydrogen-bond acceptors (Lipinski definition) is 3. The first kappa shape index (κ1) is 10.9. The molecule has 5 heteroatoms. The number of carbonyl (C=O) groups is 1. The van der Waals surface area contributed by atoms with E-state index in [1.807, 2.05) is 6.08 Å². The summed E-state index contributed by atoms with van der Waals surface area (Å²) < 4.78 is 0. The third-order valence-corrected chi connectivity index (χ3v) is 1.36. The second-order valence-corrected chi connectivity index (χ2v) is 2.35. The predicted molar refractivity (Wildman–Crippen MR) is 41.0 cm³/mol. The number of hydrogen-bond donors (Lipinski definition) is 4. The van der Waals surface area contributed by atoms with Gasteiger partial charge in [0, 0.05) is 0 Å². The van der Waals surface area contributed by atoms with E-state index in [4.69, 9.17) is 25.2 Å². The van der Waals surface area contributed by atoms with Gasteiger partial charge in [0.15, 0.2) is 0 Å². The maximum Gasteiger partial charge on any atom is 0.503 e. The molecule has 0 saturated carbocycles. The summed E-state index contributed by atoms with van der Waals surface area (Å²) in [7, 11) is 0. The van der Waals surface area contributed by atoms with Gasteiger partial charge in [-0.05, 0) is 12.8 Å². The first-order valence-electron chi connectivity index (χ1n) is 3.48. The first-order chi connectivity index (χ1) is 5.54. The van der Waals surface area contributed by atoms with Crippen LogP contribution in [-0.2, 0) is 0 Å². The fourth-order valence-corrected chi connectivity index (χ4v) is 0.802. The monoisotopic (exact) mass is 176 g/mol. The van der Waals surface area contributed by atoms with Gasteiger partial charge in [-0.1, -0.05) is 12.2 Å². The SMILES string of the molecule is O=C(O)O.OC1C=CCCC1O. The van der Waals surface area contributed by atoms with Crippen molar-refractivity contribution in [3.8, 4) is 0 Å². The maximum absolute atomic E-state index is 8.88. The Balaban J connectivity index is 0.000000261. The van der Waals surface area contributed by atoms with Crippen LogP contribution in [0.4, 0.5) is 4.79 Å². The summed E-state index contributed by atoms with van der Waals surface area (Å²) >= 11 is 0. The van der Waals surface area contributed by atoms with E-state index in [1.165, 1.54) is 0 Å². The molecule has 0 aromatic carbocycles. The summed E-state index contributed by atoms with van der Waals surface area (Å²) in [4.78, 5) is 8.56. The minimum atomic E-state index is -1.83. The summed E-state index contributed by atoms with van der Waals surface area (Å²) in [5, 5.41) is 31.7. The molecule has 0 bridgehead atoms. The molecule has 0 heterocycles. The quantitative estimate of drug-likeness (QED) is 0.397. The highest BCUT2D eigenvalue weighted by atomic mass is 16.6. The normalized spacial score (nSPS) is 27.2. The minimum Gasteiger partial charge on any atom is -0.450 e. The highest BCUT2D eigenvalue weighted by molar-refractivity contribution is 5.53. The van der Waals surface area contributed by atoms with Crippen molar-refractivity contribution in [2.75, 3.05) is 0 Å². The highest BCUT2D eigenvalue weighted by Gasteiger charge is 2.14. The van der Waals surface area contributed by atoms with Crippen molar-refractivity contribution in [2.45, 2.75) is 25.0 Å². The molecule has 70 valence electrons. The van der Waals surface area contributed by atoms with Crippen molar-refractivity contribution in [3.05, 3.63) is 12.2 Å². The first-order valence-corrected chi connectivity index (χ1v) is 3.48. The molecule has 0 saturated heterocycles. The Morgan fingerprint density at radius 2 is 1.83 bits per heavy atom. The largest absolute Gasteiger partial charge is 0.503 e. The Kier molecular flexibility index (Phi) is 5.07. The fraction of sp³-hybridized carbons (Fsp3) is 0.571. The van der Waals surface area contributed by atoms with Gasteiger partial charge in [0.2, 0.25) is 0 Å². The topological polar surface area (TPSA) is 98.0 Å². The van der Waals surface area contributed by atoms with E-state index in [9.17, 15) is 0 Å². The van der Waals surface area contributed by atoms with E-state index in [2.05, 4.69) is 0 Å². The Bertz CT molecular complexity index is 161. The van der Waals surface area contributed by atoms with Gasteiger partial charge in [-0.3, -0.25) is 0 Å². The van der Waals surface area contributed by atoms with E-state index in [0.29, 0.717) is 6.42 Å². The highest BCUT2D eigenvalue weighted by Crippen LogP contribution is 2.10. The van der Waals surface area contributed by atoms with Crippen molar-refractivity contribution in [2.24, 2.45) is 0 Å². The van der Waals surface area contributed by atoms with E-state index in [1.54, 1.807) is 6.08 Å². The number of rotatable bonds is 0. The van der Waals surface area contributed by atoms with Crippen molar-refractivity contribution in [1.29, 1.82) is 0 Å². The van der Waals surface area contributed by atoms with Crippen LogP contribution in [0.5, 0.6) is 0 Å². The molecule has 0 aliphatic heterocycles. The summed E-state index contributed by atoms with van der Waals surface area (Å²) in [6.45, 7) is 0. The molecule has 0 aromatic rings. The lowest BCUT2D eigenvalue weighted by atomic mass is 10.0. The molecule has 0 fully saturated rings. The van der Waals surface area contributed by atoms with Crippen LogP contribution in [0.15, 0.2) is 12.2 Å². The molecule has 2 unspecified atom stereocenters. The van der Waals surface area contributed by atoms with Crippen LogP contribution in [0, 0.1) is 0 Å². The molecular weight excluding hydrogens is 164 g/mol. The molecule has 1 rings (SSSR count). The van der Waals surface area contributed by atoms with E-state index >= 15 is 0 Å². The standard InChI is InChI=1S/C6H10O2.CH2O3/c7-5-3-1-2-4-6(5)8;2-1(3)4/h1,3,5-8H,2,4H2;(H2,2,3,4). The Labute approximate surface area is 69.6 Å². The van der Waals surface area contributed by atoms with Gasteiger partial charge in [-0.2, -0.15) is 0 Å². The van der Waals surface area contributed by atoms with Crippen LogP contribution in [0.3, 0.4) is 0 Å². The lowest BCUT2D eigenvalue weighted by molar-refractivity contribution is 0.0389. The van der Waals surface area contributed by atoms with Gasteiger partial charge in [0.1, 0.15) is 0 Å². The Morgan fingerprint density at radius 3 is 2.08 bits per heavy atom. The zero-order valence-corrected chi connectivity index (χ0v) is 6.42. The second kappa shape index (κ2) is 5.56. The molecule has 0 amide bonds. The summed E-state index contributed by atoms with van der Waals surface area (Å²) in [6.07, 6.45) is 2.12. The smallest absolute Gasteiger partial charge is 0.450 e. The second-order valence-electron chi connectivity index (χ2n) is 2.35. The molecule has 0 spiro atoms. The van der Waals surface area contributed by atoms with Crippen LogP contribution in [-0.4, -0.2) is 38.8 Å². The number of aliphatic hydroxyl groups excluding tert-OH is 2. The maximum atomic E-state index is 8.88. The van der Waals surface area contributed by atoms with Crippen molar-refractivity contribution in [1.82, 2.24) is 0 Å². The van der Waals surface area contributed by atoms with Gasteiger partial charge < -0.3 is 20.4 Å². The number of carboxylic acid groups (broad SMARTS) is 2. The molecule has 1 aliphatic carbocycles. The van der Waals surface area contributed by atoms with Crippen molar-refractivity contribution in [3.63, 3.8) is 0 Å². The van der Waals surface area contributed by atoms with Crippen LogP contribution in [0.2, 0.25) is 0 Å². The molecular formula is C7H12O5. The van der Waals surface area contributed by atoms with Crippen LogP contribution in [0.25, 0.3) is 0 Å². The Hall–Kier alpha value is -1.07. The predicted octanol–water partition coefficient (Wildman–Crippen LogP) is 0.281. The summed E-state index contributed by atoms with van der Waals surface area (Å²) in [5.74, 6) is 0. The van der Waals surface area contributed by atoms with E-state index < -0.39 is 18.4 Å². The third-order valence-electron chi connectivity index (χ3n) is 1.36. The van der Waals surface area contributed by atoms with Crippen LogP contribution in [0.1, 0.15) is 12.8 Å². The van der Waals surface area contributed by atoms with Gasteiger partial charge in [0.25, 0.3) is 0 Å². The van der Waals surface area contributed by atoms with Crippen LogP contribution < -0.4 is 0 Å². The van der Waals surface area contributed by atoms with Crippen molar-refractivity contribution >= 4 is 6.16 Å². The van der Waals surface area contributed by atoms with Crippen LogP contribution >= 0.6 is 0 Å². The zero-order chi connectivity index (χ0) is 9.56. The molecule has 0 radical (unpaired) electrons. The molecule has 1 aliphatic rings. The zero-order valence-electron chi connectivity index (χ0n) is 6.42. The van der Waals surface area contributed by atoms with Gasteiger partial charge in [0.05, 0.1) is 12.2 Å². The molecule has 0 aromatic heterocycles. The molecule has 2 atom stereocenters. The molecule has 12 heavy (non-hydrogen) atoms. The lowest BCUT2D eigenvalue weighted by Crippen LogP contribution is -2.25. The lowest BCUT2D eigenvalue weighted by Gasteiger charge is -2.16.